The van der Waals surface area contributed by atoms with E-state index in [0.29, 0.717) is 30.1 Å². The SMILES string of the molecule is C[N+]1=C(O)C2=C(C1=O)N(CC(=O)Nc1ccc(-c3cccnc3)cn1)CCC2. The smallest absolute Gasteiger partial charge is 0.439 e. The maximum atomic E-state index is 12.5. The number of rotatable bonds is 4. The van der Waals surface area contributed by atoms with Crippen LogP contribution in [-0.4, -0.2) is 62.4 Å². The number of aliphatic hydroxyl groups excluding tert-OH is 1. The molecule has 0 bridgehead atoms. The fraction of sp³-hybridized carbons (Fsp3) is 0.250. The third kappa shape index (κ3) is 3.24. The molecule has 2 aliphatic heterocycles. The van der Waals surface area contributed by atoms with Crippen molar-refractivity contribution in [2.75, 3.05) is 25.5 Å². The molecule has 0 radical (unpaired) electrons. The van der Waals surface area contributed by atoms with Gasteiger partial charge in [0.05, 0.1) is 12.1 Å². The lowest BCUT2D eigenvalue weighted by Crippen LogP contribution is -2.38. The van der Waals surface area contributed by atoms with E-state index in [0.717, 1.165) is 17.5 Å². The monoisotopic (exact) mass is 378 g/mol. The van der Waals surface area contributed by atoms with Crippen molar-refractivity contribution in [1.29, 1.82) is 0 Å². The molecule has 2 amide bonds. The second kappa shape index (κ2) is 7.22. The van der Waals surface area contributed by atoms with Crippen LogP contribution in [-0.2, 0) is 9.59 Å². The maximum Gasteiger partial charge on any atom is 0.439 e. The van der Waals surface area contributed by atoms with Gasteiger partial charge >= 0.3 is 11.8 Å². The first-order chi connectivity index (χ1) is 13.5. The molecule has 0 aliphatic carbocycles. The Morgan fingerprint density at radius 1 is 1.29 bits per heavy atom. The van der Waals surface area contributed by atoms with Crippen molar-refractivity contribution in [2.45, 2.75) is 12.8 Å². The van der Waals surface area contributed by atoms with E-state index in [1.54, 1.807) is 29.6 Å². The largest absolute Gasteiger partial charge is 0.459 e. The number of nitrogens with one attached hydrogen (secondary N) is 1. The second-order valence-corrected chi connectivity index (χ2v) is 6.76. The molecule has 0 fully saturated rings. The molecule has 0 unspecified atom stereocenters. The van der Waals surface area contributed by atoms with Gasteiger partial charge in [-0.05, 0) is 31.0 Å². The summed E-state index contributed by atoms with van der Waals surface area (Å²) in [5, 5.41) is 12.9. The van der Waals surface area contributed by atoms with Gasteiger partial charge in [0.15, 0.2) is 5.70 Å². The molecule has 8 nitrogen and oxygen atoms in total. The molecule has 0 saturated carbocycles. The molecular weight excluding hydrogens is 358 g/mol. The van der Waals surface area contributed by atoms with Crippen LogP contribution in [0.15, 0.2) is 54.1 Å². The van der Waals surface area contributed by atoms with Crippen LogP contribution in [0.2, 0.25) is 0 Å². The number of anilines is 1. The first-order valence-corrected chi connectivity index (χ1v) is 9.03. The van der Waals surface area contributed by atoms with Gasteiger partial charge < -0.3 is 15.3 Å². The van der Waals surface area contributed by atoms with Crippen LogP contribution in [0, 0.1) is 0 Å². The minimum Gasteiger partial charge on any atom is -0.459 e. The lowest BCUT2D eigenvalue weighted by Gasteiger charge is -2.26. The summed E-state index contributed by atoms with van der Waals surface area (Å²) < 4.78 is 1.22. The van der Waals surface area contributed by atoms with E-state index >= 15 is 0 Å². The quantitative estimate of drug-likeness (QED) is 0.784. The van der Waals surface area contributed by atoms with Crippen molar-refractivity contribution in [3.63, 3.8) is 0 Å². The van der Waals surface area contributed by atoms with Crippen LogP contribution in [0.1, 0.15) is 12.8 Å². The highest BCUT2D eigenvalue weighted by molar-refractivity contribution is 6.07. The number of amides is 2. The van der Waals surface area contributed by atoms with Crippen LogP contribution in [0.3, 0.4) is 0 Å². The number of pyridine rings is 2. The molecule has 8 heteroatoms. The molecule has 0 saturated heterocycles. The first kappa shape index (κ1) is 17.8. The van der Waals surface area contributed by atoms with Gasteiger partial charge in [0.25, 0.3) is 0 Å². The summed E-state index contributed by atoms with van der Waals surface area (Å²) in [6.45, 7) is 0.615. The van der Waals surface area contributed by atoms with Gasteiger partial charge in [-0.1, -0.05) is 6.07 Å². The summed E-state index contributed by atoms with van der Waals surface area (Å²) in [5.74, 6) is -0.123. The predicted molar refractivity (Wildman–Crippen MR) is 103 cm³/mol. The number of aliphatic hydroxyl groups is 1. The van der Waals surface area contributed by atoms with Gasteiger partial charge in [0, 0.05) is 36.3 Å². The summed E-state index contributed by atoms with van der Waals surface area (Å²) >= 11 is 0. The zero-order chi connectivity index (χ0) is 19.7. The zero-order valence-electron chi connectivity index (χ0n) is 15.4. The van der Waals surface area contributed by atoms with E-state index in [1.807, 2.05) is 18.2 Å². The van der Waals surface area contributed by atoms with Crippen molar-refractivity contribution >= 4 is 23.5 Å². The third-order valence-electron chi connectivity index (χ3n) is 4.91. The summed E-state index contributed by atoms with van der Waals surface area (Å²) in [4.78, 5) is 34.9. The van der Waals surface area contributed by atoms with Gasteiger partial charge in [-0.2, -0.15) is 0 Å². The topological polar surface area (TPSA) is 98.4 Å². The van der Waals surface area contributed by atoms with Crippen molar-refractivity contribution in [1.82, 2.24) is 14.9 Å². The molecule has 142 valence electrons. The fourth-order valence-corrected chi connectivity index (χ4v) is 3.49. The Balaban J connectivity index is 1.43. The van der Waals surface area contributed by atoms with Crippen molar-refractivity contribution in [3.05, 3.63) is 54.1 Å². The van der Waals surface area contributed by atoms with E-state index < -0.39 is 0 Å². The Morgan fingerprint density at radius 3 is 2.82 bits per heavy atom. The van der Waals surface area contributed by atoms with Crippen molar-refractivity contribution in [3.8, 4) is 11.1 Å². The van der Waals surface area contributed by atoms with Crippen LogP contribution < -0.4 is 5.32 Å². The molecule has 4 heterocycles. The Labute approximate surface area is 161 Å². The molecule has 2 aromatic heterocycles. The van der Waals surface area contributed by atoms with E-state index in [9.17, 15) is 14.7 Å². The number of hydrogen-bond acceptors (Lipinski definition) is 5. The number of carbonyl (C=O) groups excluding carboxylic acids is 2. The summed E-state index contributed by atoms with van der Waals surface area (Å²) in [6, 6.07) is 7.38. The molecule has 0 spiro atoms. The second-order valence-electron chi connectivity index (χ2n) is 6.76. The zero-order valence-corrected chi connectivity index (χ0v) is 15.4. The summed E-state index contributed by atoms with van der Waals surface area (Å²) in [7, 11) is 1.53. The number of likely N-dealkylation sites (N-methyl/N-ethyl adjacent to an activating group) is 1. The van der Waals surface area contributed by atoms with Gasteiger partial charge in [-0.15, -0.1) is 4.58 Å². The molecule has 2 N–H and O–H groups in total. The number of aromatic nitrogens is 2. The number of hydrogen-bond donors (Lipinski definition) is 2. The third-order valence-corrected chi connectivity index (χ3v) is 4.91. The Hall–Kier alpha value is -3.55. The highest BCUT2D eigenvalue weighted by atomic mass is 16.3. The minimum absolute atomic E-state index is 0.0160. The lowest BCUT2D eigenvalue weighted by atomic mass is 10.0. The normalized spacial score (nSPS) is 16.5. The lowest BCUT2D eigenvalue weighted by molar-refractivity contribution is -0.419. The Morgan fingerprint density at radius 2 is 2.11 bits per heavy atom. The van der Waals surface area contributed by atoms with Crippen LogP contribution >= 0.6 is 0 Å². The summed E-state index contributed by atoms with van der Waals surface area (Å²) in [5.41, 5.74) is 2.88. The molecule has 4 rings (SSSR count). The molecule has 0 atom stereocenters. The standard InChI is InChI=1S/C20H19N5O3/c1-24-19(27)15-5-3-9-25(18(15)20(24)28)12-17(26)23-16-7-6-14(11-22-16)13-4-2-8-21-10-13/h2,4,6-8,10-11H,3,5,9,12H2,1H3,(H,22,23,26)/p+1. The average molecular weight is 378 g/mol. The van der Waals surface area contributed by atoms with Gasteiger partial charge in [-0.3, -0.25) is 9.78 Å². The van der Waals surface area contributed by atoms with Gasteiger partial charge in [0.2, 0.25) is 5.91 Å². The summed E-state index contributed by atoms with van der Waals surface area (Å²) in [6.07, 6.45) is 6.54. The molecule has 2 aromatic rings. The molecule has 2 aliphatic rings. The van der Waals surface area contributed by atoms with E-state index in [4.69, 9.17) is 0 Å². The van der Waals surface area contributed by atoms with Gasteiger partial charge in [-0.25, -0.2) is 9.78 Å². The maximum absolute atomic E-state index is 12.5. The Kier molecular flexibility index (Phi) is 4.60. The minimum atomic E-state index is -0.279. The van der Waals surface area contributed by atoms with Crippen LogP contribution in [0.4, 0.5) is 5.82 Å². The highest BCUT2D eigenvalue weighted by Crippen LogP contribution is 2.27. The van der Waals surface area contributed by atoms with Crippen molar-refractivity contribution < 1.29 is 19.3 Å². The highest BCUT2D eigenvalue weighted by Gasteiger charge is 2.43. The van der Waals surface area contributed by atoms with Crippen LogP contribution in [0.5, 0.6) is 0 Å². The van der Waals surface area contributed by atoms with Crippen molar-refractivity contribution in [2.24, 2.45) is 0 Å². The average Bonchev–Trinajstić information content (AvgIpc) is 2.94. The van der Waals surface area contributed by atoms with E-state index in [-0.39, 0.29) is 24.3 Å². The molecule has 0 aromatic carbocycles. The number of nitrogens with zero attached hydrogens (tertiary/aromatic N) is 4. The van der Waals surface area contributed by atoms with E-state index in [1.165, 1.54) is 11.6 Å². The van der Waals surface area contributed by atoms with Gasteiger partial charge in [0.1, 0.15) is 12.9 Å². The molecular formula is C20H20N5O3+. The Bertz CT molecular complexity index is 996. The predicted octanol–water partition coefficient (Wildman–Crippen LogP) is 1.57. The molecule has 28 heavy (non-hydrogen) atoms. The fourth-order valence-electron chi connectivity index (χ4n) is 3.49. The first-order valence-electron chi connectivity index (χ1n) is 9.03. The van der Waals surface area contributed by atoms with Crippen LogP contribution in [0.25, 0.3) is 11.1 Å². The van der Waals surface area contributed by atoms with E-state index in [2.05, 4.69) is 15.3 Å². The number of carbonyl (C=O) groups is 2.